The number of rotatable bonds is 10. The molecule has 0 unspecified atom stereocenters. The van der Waals surface area contributed by atoms with Gasteiger partial charge in [0.05, 0.1) is 17.8 Å². The highest BCUT2D eigenvalue weighted by Crippen LogP contribution is 2.31. The van der Waals surface area contributed by atoms with Crippen LogP contribution in [0.25, 0.3) is 0 Å². The van der Waals surface area contributed by atoms with Crippen LogP contribution in [0.1, 0.15) is 26.3 Å². The number of sulfonamides is 1. The Morgan fingerprint density at radius 2 is 1.62 bits per heavy atom. The first-order valence-corrected chi connectivity index (χ1v) is 12.2. The Morgan fingerprint density at radius 3 is 2.17 bits per heavy atom. The first-order chi connectivity index (χ1) is 13.6. The van der Waals surface area contributed by atoms with E-state index in [-0.39, 0.29) is 34.6 Å². The second kappa shape index (κ2) is 9.60. The molecule has 2 rings (SSSR count). The summed E-state index contributed by atoms with van der Waals surface area (Å²) in [6.45, 7) is 5.73. The molecule has 9 heteroatoms. The first kappa shape index (κ1) is 23.2. The summed E-state index contributed by atoms with van der Waals surface area (Å²) in [6, 6.07) is 13.0. The van der Waals surface area contributed by atoms with Gasteiger partial charge in [-0.2, -0.15) is 12.7 Å². The number of hydrogen-bond donors (Lipinski definition) is 0. The average molecular weight is 442 g/mol. The highest BCUT2D eigenvalue weighted by Gasteiger charge is 2.26. The Labute approximate surface area is 173 Å². The van der Waals surface area contributed by atoms with Crippen LogP contribution in [0.15, 0.2) is 53.4 Å². The fraction of sp³-hybridized carbons (Fsp3) is 0.400. The Balaban J connectivity index is 2.41. The number of ether oxygens (including phenoxy) is 1. The molecule has 0 amide bonds. The maximum atomic E-state index is 13.1. The minimum atomic E-state index is -3.75. The predicted octanol–water partition coefficient (Wildman–Crippen LogP) is 3.27. The van der Waals surface area contributed by atoms with Gasteiger partial charge in [0.1, 0.15) is 0 Å². The molecule has 2 aromatic carbocycles. The van der Waals surface area contributed by atoms with Crippen molar-refractivity contribution in [2.24, 2.45) is 5.92 Å². The van der Waals surface area contributed by atoms with E-state index < -0.39 is 20.1 Å². The summed E-state index contributed by atoms with van der Waals surface area (Å²) in [4.78, 5) is 0.208. The fourth-order valence-electron chi connectivity index (χ4n) is 2.68. The van der Waals surface area contributed by atoms with Crippen molar-refractivity contribution >= 4 is 20.1 Å². The van der Waals surface area contributed by atoms with E-state index in [0.717, 1.165) is 0 Å². The van der Waals surface area contributed by atoms with Gasteiger partial charge in [-0.1, -0.05) is 38.1 Å². The Hall–Kier alpha value is -2.10. The van der Waals surface area contributed by atoms with Crippen LogP contribution in [0.4, 0.5) is 0 Å². The molecule has 0 atom stereocenters. The topological polar surface area (TPSA) is 90.0 Å². The number of methoxy groups -OCH3 is 1. The van der Waals surface area contributed by atoms with Gasteiger partial charge in [-0.25, -0.2) is 8.42 Å². The van der Waals surface area contributed by atoms with Crippen molar-refractivity contribution in [2.45, 2.75) is 32.2 Å². The molecule has 0 heterocycles. The third-order valence-electron chi connectivity index (χ3n) is 4.11. The van der Waals surface area contributed by atoms with Gasteiger partial charge in [0.15, 0.2) is 11.5 Å². The molecule has 0 fully saturated rings. The van der Waals surface area contributed by atoms with Crippen molar-refractivity contribution in [3.05, 3.63) is 54.1 Å². The van der Waals surface area contributed by atoms with E-state index in [1.807, 2.05) is 13.8 Å². The van der Waals surface area contributed by atoms with Crippen molar-refractivity contribution in [2.75, 3.05) is 19.4 Å². The SMILES string of the molecule is CCS(=O)(=O)Oc1cc(CN(CC(C)C)S(=O)(=O)c2ccccc2)ccc1OC. The molecule has 7 nitrogen and oxygen atoms in total. The van der Waals surface area contributed by atoms with Crippen molar-refractivity contribution in [3.8, 4) is 11.5 Å². The molecule has 0 radical (unpaired) electrons. The van der Waals surface area contributed by atoms with Gasteiger partial charge in [0.25, 0.3) is 0 Å². The van der Waals surface area contributed by atoms with Gasteiger partial charge < -0.3 is 8.92 Å². The molecule has 2 aromatic rings. The van der Waals surface area contributed by atoms with E-state index in [1.54, 1.807) is 42.5 Å². The van der Waals surface area contributed by atoms with Gasteiger partial charge in [-0.15, -0.1) is 0 Å². The lowest BCUT2D eigenvalue weighted by atomic mass is 10.2. The second-order valence-electron chi connectivity index (χ2n) is 6.92. The molecule has 0 spiro atoms. The quantitative estimate of drug-likeness (QED) is 0.526. The summed E-state index contributed by atoms with van der Waals surface area (Å²) in [6.07, 6.45) is 0. The van der Waals surface area contributed by atoms with Crippen LogP contribution in [0.3, 0.4) is 0 Å². The Kier molecular flexibility index (Phi) is 7.67. The van der Waals surface area contributed by atoms with Crippen molar-refractivity contribution in [1.29, 1.82) is 0 Å². The third kappa shape index (κ3) is 6.19. The van der Waals surface area contributed by atoms with Crippen LogP contribution in [-0.4, -0.2) is 40.5 Å². The molecule has 0 aliphatic rings. The van der Waals surface area contributed by atoms with E-state index in [9.17, 15) is 16.8 Å². The summed E-state index contributed by atoms with van der Waals surface area (Å²) in [5, 5.41) is 0. The van der Waals surface area contributed by atoms with Gasteiger partial charge in [0.2, 0.25) is 10.0 Å². The molecule has 160 valence electrons. The number of nitrogens with zero attached hydrogens (tertiary/aromatic N) is 1. The van der Waals surface area contributed by atoms with Crippen LogP contribution in [-0.2, 0) is 26.7 Å². The minimum Gasteiger partial charge on any atom is -0.493 e. The van der Waals surface area contributed by atoms with E-state index in [4.69, 9.17) is 8.92 Å². The van der Waals surface area contributed by atoms with E-state index in [0.29, 0.717) is 12.1 Å². The Bertz CT molecular complexity index is 1020. The maximum Gasteiger partial charge on any atom is 0.309 e. The highest BCUT2D eigenvalue weighted by atomic mass is 32.2. The smallest absolute Gasteiger partial charge is 0.309 e. The lowest BCUT2D eigenvalue weighted by Gasteiger charge is -2.24. The average Bonchev–Trinajstić information content (AvgIpc) is 2.68. The van der Waals surface area contributed by atoms with Crippen molar-refractivity contribution in [3.63, 3.8) is 0 Å². The highest BCUT2D eigenvalue weighted by molar-refractivity contribution is 7.89. The van der Waals surface area contributed by atoms with Crippen LogP contribution in [0.2, 0.25) is 0 Å². The lowest BCUT2D eigenvalue weighted by molar-refractivity contribution is 0.360. The molecule has 0 bridgehead atoms. The number of hydrogen-bond acceptors (Lipinski definition) is 6. The predicted molar refractivity (Wildman–Crippen MR) is 112 cm³/mol. The monoisotopic (exact) mass is 441 g/mol. The zero-order chi connectivity index (χ0) is 21.7. The third-order valence-corrected chi connectivity index (χ3v) is 7.07. The molecule has 0 N–H and O–H groups in total. The molecule has 0 saturated carbocycles. The fourth-order valence-corrected chi connectivity index (χ4v) is 4.81. The molecule has 0 aromatic heterocycles. The summed E-state index contributed by atoms with van der Waals surface area (Å²) >= 11 is 0. The normalized spacial score (nSPS) is 12.3. The van der Waals surface area contributed by atoms with Crippen LogP contribution in [0.5, 0.6) is 11.5 Å². The second-order valence-corrected chi connectivity index (χ2v) is 10.7. The van der Waals surface area contributed by atoms with Crippen LogP contribution >= 0.6 is 0 Å². The number of benzene rings is 2. The molecular formula is C20H27NO6S2. The summed E-state index contributed by atoms with van der Waals surface area (Å²) < 4.78 is 61.7. The van der Waals surface area contributed by atoms with E-state index in [1.165, 1.54) is 24.4 Å². The molecule has 0 aliphatic carbocycles. The van der Waals surface area contributed by atoms with Crippen LogP contribution in [0, 0.1) is 5.92 Å². The van der Waals surface area contributed by atoms with Gasteiger partial charge in [-0.05, 0) is 42.7 Å². The molecule has 29 heavy (non-hydrogen) atoms. The van der Waals surface area contributed by atoms with Gasteiger partial charge in [-0.3, -0.25) is 0 Å². The molecule has 0 aliphatic heterocycles. The van der Waals surface area contributed by atoms with Crippen LogP contribution < -0.4 is 8.92 Å². The first-order valence-electron chi connectivity index (χ1n) is 9.23. The molecular weight excluding hydrogens is 414 g/mol. The molecule has 0 saturated heterocycles. The largest absolute Gasteiger partial charge is 0.493 e. The van der Waals surface area contributed by atoms with E-state index in [2.05, 4.69) is 0 Å². The summed E-state index contributed by atoms with van der Waals surface area (Å²) in [5.41, 5.74) is 0.590. The summed E-state index contributed by atoms with van der Waals surface area (Å²) in [7, 11) is -6.06. The van der Waals surface area contributed by atoms with Crippen molar-refractivity contribution in [1.82, 2.24) is 4.31 Å². The zero-order valence-electron chi connectivity index (χ0n) is 17.0. The standard InChI is InChI=1S/C20H27NO6S2/c1-5-28(22,23)27-20-13-17(11-12-19(20)26-4)15-21(14-16(2)3)29(24,25)18-9-7-6-8-10-18/h6-13,16H,5,14-15H2,1-4H3. The van der Waals surface area contributed by atoms with Gasteiger partial charge >= 0.3 is 10.1 Å². The Morgan fingerprint density at radius 1 is 0.966 bits per heavy atom. The van der Waals surface area contributed by atoms with Gasteiger partial charge in [0, 0.05) is 13.1 Å². The zero-order valence-corrected chi connectivity index (χ0v) is 18.7. The minimum absolute atomic E-state index is 0.0356. The van der Waals surface area contributed by atoms with E-state index >= 15 is 0 Å². The maximum absolute atomic E-state index is 13.1. The van der Waals surface area contributed by atoms with Crippen molar-refractivity contribution < 1.29 is 25.8 Å². The lowest BCUT2D eigenvalue weighted by Crippen LogP contribution is -2.33. The summed E-state index contributed by atoms with van der Waals surface area (Å²) in [5.74, 6) is 0.200.